The molecule has 4 heterocycles. The molecule has 5 rings (SSSR count). The third-order valence-corrected chi connectivity index (χ3v) is 5.89. The van der Waals surface area contributed by atoms with E-state index in [2.05, 4.69) is 25.0 Å². The van der Waals surface area contributed by atoms with Gasteiger partial charge in [0.1, 0.15) is 24.3 Å². The molecule has 1 aromatic carbocycles. The maximum absolute atomic E-state index is 13.1. The SMILES string of the molecule is Cc1ncn(-c2cc(N3CCN(C(=O)c4cccc(-n5cccn5)c4)CC3)ncn2)c1C. The van der Waals surface area contributed by atoms with E-state index in [-0.39, 0.29) is 5.91 Å². The number of aryl methyl sites for hydroxylation is 1. The summed E-state index contributed by atoms with van der Waals surface area (Å²) in [5.41, 5.74) is 3.58. The van der Waals surface area contributed by atoms with Gasteiger partial charge in [-0.3, -0.25) is 9.36 Å². The lowest BCUT2D eigenvalue weighted by atomic mass is 10.1. The van der Waals surface area contributed by atoms with Crippen molar-refractivity contribution >= 4 is 11.7 Å². The third-order valence-electron chi connectivity index (χ3n) is 5.89. The second-order valence-electron chi connectivity index (χ2n) is 7.80. The fourth-order valence-corrected chi connectivity index (χ4v) is 3.90. The molecule has 0 N–H and O–H groups in total. The van der Waals surface area contributed by atoms with Gasteiger partial charge in [-0.2, -0.15) is 5.10 Å². The molecule has 1 aliphatic rings. The summed E-state index contributed by atoms with van der Waals surface area (Å²) < 4.78 is 3.72. The van der Waals surface area contributed by atoms with Gasteiger partial charge >= 0.3 is 0 Å². The highest BCUT2D eigenvalue weighted by Crippen LogP contribution is 2.19. The number of hydrogen-bond donors (Lipinski definition) is 0. The van der Waals surface area contributed by atoms with Gasteiger partial charge in [0.25, 0.3) is 5.91 Å². The van der Waals surface area contributed by atoms with Gasteiger partial charge in [0.15, 0.2) is 0 Å². The van der Waals surface area contributed by atoms with Crippen LogP contribution in [0.2, 0.25) is 0 Å². The summed E-state index contributed by atoms with van der Waals surface area (Å²) >= 11 is 0. The van der Waals surface area contributed by atoms with E-state index in [4.69, 9.17) is 0 Å². The van der Waals surface area contributed by atoms with Gasteiger partial charge in [0.05, 0.1) is 11.4 Å². The molecule has 0 radical (unpaired) electrons. The van der Waals surface area contributed by atoms with Crippen molar-refractivity contribution in [2.24, 2.45) is 0 Å². The van der Waals surface area contributed by atoms with Crippen LogP contribution in [0.25, 0.3) is 11.5 Å². The van der Waals surface area contributed by atoms with Gasteiger partial charge in [-0.05, 0) is 38.1 Å². The zero-order valence-electron chi connectivity index (χ0n) is 18.1. The van der Waals surface area contributed by atoms with Crippen LogP contribution in [0.4, 0.5) is 5.82 Å². The highest BCUT2D eigenvalue weighted by molar-refractivity contribution is 5.95. The first-order valence-corrected chi connectivity index (χ1v) is 10.6. The Labute approximate surface area is 186 Å². The third kappa shape index (κ3) is 3.73. The fourth-order valence-electron chi connectivity index (χ4n) is 3.90. The smallest absolute Gasteiger partial charge is 0.254 e. The highest BCUT2D eigenvalue weighted by Gasteiger charge is 2.23. The van der Waals surface area contributed by atoms with E-state index in [0.717, 1.165) is 28.7 Å². The van der Waals surface area contributed by atoms with Crippen LogP contribution in [-0.2, 0) is 0 Å². The molecule has 9 nitrogen and oxygen atoms in total. The molecule has 162 valence electrons. The number of benzene rings is 1. The molecule has 32 heavy (non-hydrogen) atoms. The number of carbonyl (C=O) groups is 1. The van der Waals surface area contributed by atoms with Crippen molar-refractivity contribution in [3.05, 3.63) is 78.4 Å². The van der Waals surface area contributed by atoms with Crippen LogP contribution in [0.15, 0.2) is 61.4 Å². The molecular weight excluding hydrogens is 404 g/mol. The van der Waals surface area contributed by atoms with Gasteiger partial charge in [0, 0.05) is 55.9 Å². The fraction of sp³-hybridized carbons (Fsp3) is 0.261. The number of carbonyl (C=O) groups excluding carboxylic acids is 1. The number of rotatable bonds is 4. The average Bonchev–Trinajstić information content (AvgIpc) is 3.50. The summed E-state index contributed by atoms with van der Waals surface area (Å²) in [5, 5.41) is 4.25. The Kier molecular flexibility index (Phi) is 5.14. The normalized spacial score (nSPS) is 14.1. The van der Waals surface area contributed by atoms with Crippen LogP contribution in [0.1, 0.15) is 21.7 Å². The molecule has 1 aliphatic heterocycles. The number of hydrogen-bond acceptors (Lipinski definition) is 6. The molecule has 0 unspecified atom stereocenters. The number of piperazine rings is 1. The van der Waals surface area contributed by atoms with Gasteiger partial charge in [0.2, 0.25) is 0 Å². The predicted molar refractivity (Wildman–Crippen MR) is 120 cm³/mol. The van der Waals surface area contributed by atoms with Crippen LogP contribution >= 0.6 is 0 Å². The van der Waals surface area contributed by atoms with E-state index < -0.39 is 0 Å². The van der Waals surface area contributed by atoms with Crippen LogP contribution in [-0.4, -0.2) is 66.3 Å². The van der Waals surface area contributed by atoms with E-state index in [1.165, 1.54) is 0 Å². The molecule has 1 amide bonds. The lowest BCUT2D eigenvalue weighted by molar-refractivity contribution is 0.0746. The molecule has 3 aromatic heterocycles. The average molecular weight is 429 g/mol. The van der Waals surface area contributed by atoms with Crippen LogP contribution in [0.3, 0.4) is 0 Å². The molecule has 1 saturated heterocycles. The second kappa shape index (κ2) is 8.26. The lowest BCUT2D eigenvalue weighted by Crippen LogP contribution is -2.49. The Morgan fingerprint density at radius 1 is 0.938 bits per heavy atom. The molecule has 0 bridgehead atoms. The minimum Gasteiger partial charge on any atom is -0.353 e. The van der Waals surface area contributed by atoms with Crippen molar-refractivity contribution in [1.29, 1.82) is 0 Å². The molecule has 0 saturated carbocycles. The van der Waals surface area contributed by atoms with Crippen molar-refractivity contribution in [2.45, 2.75) is 13.8 Å². The van der Waals surface area contributed by atoms with Gasteiger partial charge in [-0.25, -0.2) is 19.6 Å². The van der Waals surface area contributed by atoms with Crippen LogP contribution in [0.5, 0.6) is 0 Å². The Hall–Kier alpha value is -4.01. The van der Waals surface area contributed by atoms with Crippen LogP contribution in [0, 0.1) is 13.8 Å². The molecule has 0 atom stereocenters. The summed E-state index contributed by atoms with van der Waals surface area (Å²) in [5.74, 6) is 1.68. The van der Waals surface area contributed by atoms with Gasteiger partial charge in [-0.1, -0.05) is 6.07 Å². The van der Waals surface area contributed by atoms with Gasteiger partial charge in [-0.15, -0.1) is 0 Å². The van der Waals surface area contributed by atoms with Crippen molar-refractivity contribution in [3.63, 3.8) is 0 Å². The maximum Gasteiger partial charge on any atom is 0.254 e. The van der Waals surface area contributed by atoms with Crippen LogP contribution < -0.4 is 4.90 Å². The standard InChI is InChI=1S/C23H24N8O/c1-17-18(2)30(16-26-17)22-14-21(24-15-25-22)28-9-11-29(12-10-28)23(32)19-5-3-6-20(13-19)31-8-4-7-27-31/h3-8,13-16H,9-12H2,1-2H3. The minimum atomic E-state index is 0.0338. The summed E-state index contributed by atoms with van der Waals surface area (Å²) in [4.78, 5) is 30.4. The summed E-state index contributed by atoms with van der Waals surface area (Å²) in [6.07, 6.45) is 6.95. The first-order chi connectivity index (χ1) is 15.6. The molecule has 0 aliphatic carbocycles. The monoisotopic (exact) mass is 428 g/mol. The number of aromatic nitrogens is 6. The first-order valence-electron chi connectivity index (χ1n) is 10.6. The zero-order valence-corrected chi connectivity index (χ0v) is 18.1. The van der Waals surface area contributed by atoms with Gasteiger partial charge < -0.3 is 9.80 Å². The van der Waals surface area contributed by atoms with Crippen molar-refractivity contribution in [1.82, 2.24) is 34.2 Å². The Bertz CT molecular complexity index is 1240. The first kappa shape index (κ1) is 19.9. The second-order valence-corrected chi connectivity index (χ2v) is 7.80. The van der Waals surface area contributed by atoms with Crippen molar-refractivity contribution < 1.29 is 4.79 Å². The Balaban J connectivity index is 1.28. The number of amides is 1. The van der Waals surface area contributed by atoms with E-state index in [1.807, 2.05) is 65.9 Å². The topological polar surface area (TPSA) is 85.0 Å². The quantitative estimate of drug-likeness (QED) is 0.496. The molecule has 4 aromatic rings. The number of nitrogens with zero attached hydrogens (tertiary/aromatic N) is 8. The molecule has 1 fully saturated rings. The number of anilines is 1. The minimum absolute atomic E-state index is 0.0338. The van der Waals surface area contributed by atoms with Crippen molar-refractivity contribution in [3.8, 4) is 11.5 Å². The molecule has 0 spiro atoms. The Morgan fingerprint density at radius 3 is 2.47 bits per heavy atom. The maximum atomic E-state index is 13.1. The summed E-state index contributed by atoms with van der Waals surface area (Å²) in [6.45, 7) is 6.69. The Morgan fingerprint density at radius 2 is 1.75 bits per heavy atom. The highest BCUT2D eigenvalue weighted by atomic mass is 16.2. The largest absolute Gasteiger partial charge is 0.353 e. The lowest BCUT2D eigenvalue weighted by Gasteiger charge is -2.35. The summed E-state index contributed by atoms with van der Waals surface area (Å²) in [7, 11) is 0. The van der Waals surface area contributed by atoms with E-state index in [1.54, 1.807) is 23.5 Å². The molecule has 9 heteroatoms. The van der Waals surface area contributed by atoms with Crippen molar-refractivity contribution in [2.75, 3.05) is 31.1 Å². The van der Waals surface area contributed by atoms with E-state index >= 15 is 0 Å². The zero-order chi connectivity index (χ0) is 22.1. The molecular formula is C23H24N8O. The van der Waals surface area contributed by atoms with E-state index in [0.29, 0.717) is 31.7 Å². The van der Waals surface area contributed by atoms with E-state index in [9.17, 15) is 4.79 Å². The summed E-state index contributed by atoms with van der Waals surface area (Å²) in [6, 6.07) is 11.4. The number of imidazole rings is 1. The predicted octanol–water partition coefficient (Wildman–Crippen LogP) is 2.43.